The first-order valence-electron chi connectivity index (χ1n) is 10.5. The number of pyridine rings is 1. The van der Waals surface area contributed by atoms with E-state index in [0.717, 1.165) is 28.8 Å². The topological polar surface area (TPSA) is 137 Å². The van der Waals surface area contributed by atoms with Crippen molar-refractivity contribution in [2.45, 2.75) is 37.7 Å². The number of aromatic nitrogens is 5. The fourth-order valence-electron chi connectivity index (χ4n) is 4.03. The molecule has 4 rings (SSSR count). The van der Waals surface area contributed by atoms with Crippen molar-refractivity contribution in [3.8, 4) is 11.1 Å². The second-order valence-electron chi connectivity index (χ2n) is 8.06. The van der Waals surface area contributed by atoms with E-state index in [9.17, 15) is 15.0 Å². The van der Waals surface area contributed by atoms with Crippen LogP contribution in [0.4, 0.5) is 0 Å². The van der Waals surface area contributed by atoms with Crippen LogP contribution >= 0.6 is 0 Å². The van der Waals surface area contributed by atoms with Gasteiger partial charge in [-0.05, 0) is 23.6 Å². The highest BCUT2D eigenvalue weighted by molar-refractivity contribution is 5.71. The van der Waals surface area contributed by atoms with Crippen LogP contribution in [0.2, 0.25) is 0 Å². The summed E-state index contributed by atoms with van der Waals surface area (Å²) in [6.45, 7) is 3.10. The summed E-state index contributed by atoms with van der Waals surface area (Å²) >= 11 is 0. The third-order valence-electron chi connectivity index (χ3n) is 5.94. The van der Waals surface area contributed by atoms with Gasteiger partial charge in [0.15, 0.2) is 5.82 Å². The molecule has 0 amide bonds. The predicted molar refractivity (Wildman–Crippen MR) is 113 cm³/mol. The Morgan fingerprint density at radius 2 is 1.90 bits per heavy atom. The van der Waals surface area contributed by atoms with E-state index in [1.807, 2.05) is 43.3 Å². The molecular weight excluding hydrogens is 396 g/mol. The molecule has 3 heterocycles. The van der Waals surface area contributed by atoms with Crippen molar-refractivity contribution in [3.63, 3.8) is 0 Å². The molecule has 2 aromatic heterocycles. The Morgan fingerprint density at radius 1 is 1.16 bits per heavy atom. The van der Waals surface area contributed by atoms with Gasteiger partial charge in [0, 0.05) is 42.9 Å². The quantitative estimate of drug-likeness (QED) is 0.410. The molecule has 9 heteroatoms. The van der Waals surface area contributed by atoms with Gasteiger partial charge in [-0.1, -0.05) is 48.9 Å². The van der Waals surface area contributed by atoms with E-state index in [1.165, 1.54) is 0 Å². The number of aliphatic hydroxyl groups is 1. The van der Waals surface area contributed by atoms with E-state index in [-0.39, 0.29) is 0 Å². The van der Waals surface area contributed by atoms with Gasteiger partial charge in [-0.25, -0.2) is 0 Å². The van der Waals surface area contributed by atoms with E-state index in [2.05, 4.69) is 30.9 Å². The SMILES string of the molecule is CCC[C@H](C(=O)O)[C@H](Cc1ccc(-c2ccc(C3(O)CNC3)cc2)cn1)c1nn[nH]n1. The minimum absolute atomic E-state index is 0.394. The van der Waals surface area contributed by atoms with E-state index in [1.54, 1.807) is 6.20 Å². The summed E-state index contributed by atoms with van der Waals surface area (Å²) in [5.74, 6) is -1.49. The van der Waals surface area contributed by atoms with Crippen molar-refractivity contribution in [1.29, 1.82) is 0 Å². The number of carboxylic acids is 1. The number of benzene rings is 1. The lowest BCUT2D eigenvalue weighted by molar-refractivity contribution is -0.143. The maximum atomic E-state index is 11.9. The molecule has 162 valence electrons. The average Bonchev–Trinajstić information content (AvgIpc) is 3.29. The van der Waals surface area contributed by atoms with Crippen LogP contribution in [0.5, 0.6) is 0 Å². The van der Waals surface area contributed by atoms with Gasteiger partial charge in [-0.2, -0.15) is 5.21 Å². The van der Waals surface area contributed by atoms with Crippen LogP contribution in [-0.2, 0) is 16.8 Å². The number of hydrogen-bond acceptors (Lipinski definition) is 7. The van der Waals surface area contributed by atoms with Crippen molar-refractivity contribution < 1.29 is 15.0 Å². The van der Waals surface area contributed by atoms with Gasteiger partial charge >= 0.3 is 5.97 Å². The summed E-state index contributed by atoms with van der Waals surface area (Å²) in [5.41, 5.74) is 2.85. The van der Waals surface area contributed by atoms with Gasteiger partial charge in [-0.15, -0.1) is 10.2 Å². The smallest absolute Gasteiger partial charge is 0.307 e. The van der Waals surface area contributed by atoms with Gasteiger partial charge in [0.1, 0.15) is 5.60 Å². The van der Waals surface area contributed by atoms with Gasteiger partial charge in [0.2, 0.25) is 0 Å². The number of carboxylic acid groups (broad SMARTS) is 1. The molecule has 1 aromatic carbocycles. The largest absolute Gasteiger partial charge is 0.481 e. The zero-order chi connectivity index (χ0) is 21.8. The number of tetrazole rings is 1. The van der Waals surface area contributed by atoms with Gasteiger partial charge in [0.25, 0.3) is 0 Å². The molecule has 1 fully saturated rings. The highest BCUT2D eigenvalue weighted by atomic mass is 16.4. The first kappa shape index (κ1) is 21.1. The number of rotatable bonds is 9. The molecule has 0 saturated carbocycles. The molecule has 0 unspecified atom stereocenters. The van der Waals surface area contributed by atoms with Crippen LogP contribution in [0.25, 0.3) is 11.1 Å². The van der Waals surface area contributed by atoms with Crippen molar-refractivity contribution >= 4 is 5.97 Å². The average molecular weight is 422 g/mol. The molecule has 31 heavy (non-hydrogen) atoms. The van der Waals surface area contributed by atoms with Crippen molar-refractivity contribution in [1.82, 2.24) is 30.9 Å². The van der Waals surface area contributed by atoms with Gasteiger partial charge in [-0.3, -0.25) is 9.78 Å². The Morgan fingerprint density at radius 3 is 2.42 bits per heavy atom. The Balaban J connectivity index is 1.52. The van der Waals surface area contributed by atoms with E-state index in [4.69, 9.17) is 0 Å². The van der Waals surface area contributed by atoms with E-state index >= 15 is 0 Å². The Labute approximate surface area is 179 Å². The second-order valence-corrected chi connectivity index (χ2v) is 8.06. The zero-order valence-corrected chi connectivity index (χ0v) is 17.3. The van der Waals surface area contributed by atoms with Crippen LogP contribution in [0.15, 0.2) is 42.6 Å². The lowest BCUT2D eigenvalue weighted by atomic mass is 9.84. The van der Waals surface area contributed by atoms with Crippen LogP contribution in [0.3, 0.4) is 0 Å². The number of β-amino-alcohol motifs (C(OH)–C–C–N with tert-alkyl or cyclic N) is 1. The lowest BCUT2D eigenvalue weighted by Crippen LogP contribution is -2.56. The second kappa shape index (κ2) is 8.91. The van der Waals surface area contributed by atoms with Crippen LogP contribution in [-0.4, -0.2) is 54.9 Å². The first-order valence-corrected chi connectivity index (χ1v) is 10.5. The highest BCUT2D eigenvalue weighted by Gasteiger charge is 2.36. The highest BCUT2D eigenvalue weighted by Crippen LogP contribution is 2.31. The zero-order valence-electron chi connectivity index (χ0n) is 17.3. The molecule has 3 aromatic rings. The molecule has 0 spiro atoms. The first-order chi connectivity index (χ1) is 15.0. The number of nitrogens with one attached hydrogen (secondary N) is 2. The number of nitrogens with zero attached hydrogens (tertiary/aromatic N) is 4. The minimum atomic E-state index is -0.864. The fourth-order valence-corrected chi connectivity index (χ4v) is 4.03. The molecule has 1 aliphatic rings. The summed E-state index contributed by atoms with van der Waals surface area (Å²) < 4.78 is 0. The number of hydrogen-bond donors (Lipinski definition) is 4. The molecule has 2 atom stereocenters. The summed E-state index contributed by atoms with van der Waals surface area (Å²) in [4.78, 5) is 16.4. The molecule has 4 N–H and O–H groups in total. The lowest BCUT2D eigenvalue weighted by Gasteiger charge is -2.38. The fraction of sp³-hybridized carbons (Fsp3) is 0.409. The minimum Gasteiger partial charge on any atom is -0.481 e. The Hall–Kier alpha value is -3.17. The molecule has 1 saturated heterocycles. The van der Waals surface area contributed by atoms with Crippen molar-refractivity contribution in [2.24, 2.45) is 5.92 Å². The van der Waals surface area contributed by atoms with Crippen LogP contribution < -0.4 is 5.32 Å². The molecule has 0 aliphatic carbocycles. The molecule has 0 radical (unpaired) electrons. The summed E-state index contributed by atoms with van der Waals surface area (Å²) in [6, 6.07) is 11.7. The van der Waals surface area contributed by atoms with E-state index < -0.39 is 23.4 Å². The summed E-state index contributed by atoms with van der Waals surface area (Å²) in [6.07, 6.45) is 3.47. The number of carbonyl (C=O) groups is 1. The third-order valence-corrected chi connectivity index (χ3v) is 5.94. The molecule has 9 nitrogen and oxygen atoms in total. The van der Waals surface area contributed by atoms with E-state index in [0.29, 0.717) is 31.8 Å². The molecular formula is C22H26N6O3. The molecule has 1 aliphatic heterocycles. The van der Waals surface area contributed by atoms with Crippen molar-refractivity contribution in [3.05, 3.63) is 59.7 Å². The monoisotopic (exact) mass is 422 g/mol. The van der Waals surface area contributed by atoms with Crippen molar-refractivity contribution in [2.75, 3.05) is 13.1 Å². The predicted octanol–water partition coefficient (Wildman–Crippen LogP) is 1.88. The molecule has 0 bridgehead atoms. The Kier molecular flexibility index (Phi) is 6.06. The number of aliphatic carboxylic acids is 1. The third kappa shape index (κ3) is 4.47. The van der Waals surface area contributed by atoms with Crippen LogP contribution in [0, 0.1) is 5.92 Å². The van der Waals surface area contributed by atoms with Crippen LogP contribution in [0.1, 0.15) is 42.8 Å². The normalized spacial score (nSPS) is 17.0. The number of H-pyrrole nitrogens is 1. The standard InChI is InChI=1S/C22H26N6O3/c1-2-3-18(21(29)30)19(20-25-27-28-26-20)10-17-9-6-15(11-24-17)14-4-7-16(8-5-14)22(31)12-23-13-22/h4-9,11,18-19,23,31H,2-3,10,12-13H2,1H3,(H,29,30)(H,25,26,27,28)/t18-,19-/m0/s1. The summed E-state index contributed by atoms with van der Waals surface area (Å²) in [7, 11) is 0. The van der Waals surface area contributed by atoms with Gasteiger partial charge in [0.05, 0.1) is 5.92 Å². The number of aromatic amines is 1. The van der Waals surface area contributed by atoms with Gasteiger partial charge < -0.3 is 15.5 Å². The Bertz CT molecular complexity index is 1000. The summed E-state index contributed by atoms with van der Waals surface area (Å²) in [5, 5.41) is 37.3. The maximum Gasteiger partial charge on any atom is 0.307 e. The maximum absolute atomic E-state index is 11.9.